The molecular formula is C40H26N2. The molecule has 0 aliphatic heterocycles. The van der Waals surface area contributed by atoms with Crippen LogP contribution < -0.4 is 0 Å². The molecule has 0 fully saturated rings. The minimum absolute atomic E-state index is 0.666. The van der Waals surface area contributed by atoms with Crippen LogP contribution in [-0.2, 0) is 0 Å². The Morgan fingerprint density at radius 3 is 1.33 bits per heavy atom. The second-order valence-electron chi connectivity index (χ2n) is 10.3. The molecule has 2 heteroatoms. The van der Waals surface area contributed by atoms with Crippen molar-refractivity contribution in [2.75, 3.05) is 0 Å². The third-order valence-corrected chi connectivity index (χ3v) is 7.74. The number of aromatic nitrogens is 1. The van der Waals surface area contributed by atoms with Gasteiger partial charge in [-0.1, -0.05) is 133 Å². The summed E-state index contributed by atoms with van der Waals surface area (Å²) in [6.07, 6.45) is 0. The highest BCUT2D eigenvalue weighted by molar-refractivity contribution is 6.05. The molecule has 0 radical (unpaired) electrons. The van der Waals surface area contributed by atoms with Crippen LogP contribution in [0, 0.1) is 11.3 Å². The van der Waals surface area contributed by atoms with Crippen LogP contribution >= 0.6 is 0 Å². The maximum absolute atomic E-state index is 9.20. The quantitative estimate of drug-likeness (QED) is 0.220. The summed E-state index contributed by atoms with van der Waals surface area (Å²) in [7, 11) is 0. The van der Waals surface area contributed by atoms with Crippen LogP contribution in [0.4, 0.5) is 0 Å². The van der Waals surface area contributed by atoms with Crippen molar-refractivity contribution in [3.8, 4) is 62.0 Å². The first kappa shape index (κ1) is 25.2. The maximum Gasteiger partial charge on any atom is 0.0991 e. The molecule has 0 amide bonds. The summed E-state index contributed by atoms with van der Waals surface area (Å²) in [5.41, 5.74) is 11.7. The van der Waals surface area contributed by atoms with E-state index in [0.29, 0.717) is 5.56 Å². The minimum Gasteiger partial charge on any atom is -0.248 e. The average Bonchev–Trinajstić information content (AvgIpc) is 3.08. The zero-order chi connectivity index (χ0) is 28.3. The van der Waals surface area contributed by atoms with Crippen molar-refractivity contribution >= 4 is 10.8 Å². The van der Waals surface area contributed by atoms with Crippen LogP contribution in [0.15, 0.2) is 158 Å². The Kier molecular flexibility index (Phi) is 6.60. The summed E-state index contributed by atoms with van der Waals surface area (Å²) in [6, 6.07) is 56.8. The average molecular weight is 535 g/mol. The molecule has 42 heavy (non-hydrogen) atoms. The number of hydrogen-bond donors (Lipinski definition) is 0. The Labute approximate surface area is 245 Å². The van der Waals surface area contributed by atoms with Crippen molar-refractivity contribution in [2.24, 2.45) is 0 Å². The fourth-order valence-corrected chi connectivity index (χ4v) is 5.58. The van der Waals surface area contributed by atoms with E-state index in [4.69, 9.17) is 4.98 Å². The minimum atomic E-state index is 0.666. The fourth-order valence-electron chi connectivity index (χ4n) is 5.58. The number of nitriles is 1. The van der Waals surface area contributed by atoms with E-state index < -0.39 is 0 Å². The van der Waals surface area contributed by atoms with Crippen LogP contribution in [0.5, 0.6) is 0 Å². The van der Waals surface area contributed by atoms with E-state index in [1.165, 1.54) is 21.9 Å². The molecule has 0 aliphatic carbocycles. The van der Waals surface area contributed by atoms with Crippen LogP contribution in [-0.4, -0.2) is 4.98 Å². The summed E-state index contributed by atoms with van der Waals surface area (Å²) in [4.78, 5) is 5.09. The summed E-state index contributed by atoms with van der Waals surface area (Å²) in [5.74, 6) is 0. The number of nitrogens with zero attached hydrogens (tertiary/aromatic N) is 2. The third kappa shape index (κ3) is 4.85. The number of rotatable bonds is 5. The van der Waals surface area contributed by atoms with Crippen LogP contribution in [0.25, 0.3) is 66.7 Å². The van der Waals surface area contributed by atoms with Gasteiger partial charge in [0.15, 0.2) is 0 Å². The van der Waals surface area contributed by atoms with Gasteiger partial charge in [0, 0.05) is 11.1 Å². The molecule has 0 aliphatic rings. The van der Waals surface area contributed by atoms with Crippen molar-refractivity contribution in [1.29, 1.82) is 5.26 Å². The fraction of sp³-hybridized carbons (Fsp3) is 0. The predicted molar refractivity (Wildman–Crippen MR) is 174 cm³/mol. The molecule has 0 saturated heterocycles. The van der Waals surface area contributed by atoms with Crippen molar-refractivity contribution < 1.29 is 0 Å². The van der Waals surface area contributed by atoms with Crippen LogP contribution in [0.2, 0.25) is 0 Å². The molecule has 196 valence electrons. The van der Waals surface area contributed by atoms with Crippen molar-refractivity contribution in [1.82, 2.24) is 4.98 Å². The van der Waals surface area contributed by atoms with Gasteiger partial charge < -0.3 is 0 Å². The molecular weight excluding hydrogens is 508 g/mol. The maximum atomic E-state index is 9.20. The zero-order valence-corrected chi connectivity index (χ0v) is 22.9. The number of fused-ring (bicyclic) bond motifs is 1. The molecule has 0 unspecified atom stereocenters. The molecule has 7 aromatic rings. The van der Waals surface area contributed by atoms with Gasteiger partial charge >= 0.3 is 0 Å². The third-order valence-electron chi connectivity index (χ3n) is 7.74. The number of pyridine rings is 1. The lowest BCUT2D eigenvalue weighted by Gasteiger charge is -2.13. The lowest BCUT2D eigenvalue weighted by atomic mass is 9.91. The first-order valence-corrected chi connectivity index (χ1v) is 14.0. The normalized spacial score (nSPS) is 10.8. The molecule has 0 saturated carbocycles. The van der Waals surface area contributed by atoms with Gasteiger partial charge in [-0.3, -0.25) is 0 Å². The molecule has 6 aromatic carbocycles. The monoisotopic (exact) mass is 534 g/mol. The first-order valence-electron chi connectivity index (χ1n) is 14.0. The van der Waals surface area contributed by atoms with E-state index in [2.05, 4.69) is 127 Å². The topological polar surface area (TPSA) is 36.7 Å². The van der Waals surface area contributed by atoms with E-state index in [9.17, 15) is 5.26 Å². The molecule has 0 N–H and O–H groups in total. The van der Waals surface area contributed by atoms with E-state index in [1.807, 2.05) is 36.4 Å². The molecule has 0 spiro atoms. The van der Waals surface area contributed by atoms with E-state index >= 15 is 0 Å². The molecule has 0 atom stereocenters. The molecule has 1 heterocycles. The van der Waals surface area contributed by atoms with Crippen molar-refractivity contribution in [3.05, 3.63) is 163 Å². The smallest absolute Gasteiger partial charge is 0.0991 e. The van der Waals surface area contributed by atoms with Crippen LogP contribution in [0.3, 0.4) is 0 Å². The van der Waals surface area contributed by atoms with Crippen molar-refractivity contribution in [3.63, 3.8) is 0 Å². The first-order chi connectivity index (χ1) is 20.8. The molecule has 7 rings (SSSR count). The largest absolute Gasteiger partial charge is 0.248 e. The highest BCUT2D eigenvalue weighted by Crippen LogP contribution is 2.37. The highest BCUT2D eigenvalue weighted by Gasteiger charge is 2.12. The van der Waals surface area contributed by atoms with Gasteiger partial charge in [0.05, 0.1) is 23.0 Å². The second kappa shape index (κ2) is 11.0. The second-order valence-corrected chi connectivity index (χ2v) is 10.3. The Balaban J connectivity index is 1.29. The summed E-state index contributed by atoms with van der Waals surface area (Å²) in [6.45, 7) is 0. The Morgan fingerprint density at radius 1 is 0.381 bits per heavy atom. The molecule has 2 nitrogen and oxygen atoms in total. The van der Waals surface area contributed by atoms with Gasteiger partial charge in [-0.2, -0.15) is 5.26 Å². The summed E-state index contributed by atoms with van der Waals surface area (Å²) < 4.78 is 0. The van der Waals surface area contributed by atoms with Crippen LogP contribution in [0.1, 0.15) is 5.56 Å². The van der Waals surface area contributed by atoms with Gasteiger partial charge in [-0.05, 0) is 68.4 Å². The lowest BCUT2D eigenvalue weighted by Crippen LogP contribution is -1.91. The van der Waals surface area contributed by atoms with Gasteiger partial charge in [0.2, 0.25) is 0 Å². The van der Waals surface area contributed by atoms with Gasteiger partial charge in [-0.15, -0.1) is 0 Å². The van der Waals surface area contributed by atoms with E-state index in [-0.39, 0.29) is 0 Å². The van der Waals surface area contributed by atoms with E-state index in [0.717, 1.165) is 44.8 Å². The van der Waals surface area contributed by atoms with Gasteiger partial charge in [-0.25, -0.2) is 4.98 Å². The SMILES string of the molecule is N#Cc1ccc(-c2ccc(-c3ccc(-c4cc(-c5ccccc5)cc(-c5ccccc5)n4)cc3)c3ccccc23)cc1. The predicted octanol–water partition coefficient (Wildman–Crippen LogP) is 10.4. The summed E-state index contributed by atoms with van der Waals surface area (Å²) >= 11 is 0. The zero-order valence-electron chi connectivity index (χ0n) is 22.9. The van der Waals surface area contributed by atoms with Crippen molar-refractivity contribution in [2.45, 2.75) is 0 Å². The Hall–Kier alpha value is -5.78. The van der Waals surface area contributed by atoms with E-state index in [1.54, 1.807) is 0 Å². The molecule has 1 aromatic heterocycles. The lowest BCUT2D eigenvalue weighted by molar-refractivity contribution is 1.32. The molecule has 0 bridgehead atoms. The standard InChI is InChI=1S/C40H26N2/c41-27-28-15-17-30(18-16-28)35-23-24-36(38-14-8-7-13-37(35)38)31-19-21-33(22-20-31)40-26-34(29-9-3-1-4-10-29)25-39(42-40)32-11-5-2-6-12-32/h1-26H. The Bertz CT molecular complexity index is 2000. The van der Waals surface area contributed by atoms with Gasteiger partial charge in [0.25, 0.3) is 0 Å². The summed E-state index contributed by atoms with van der Waals surface area (Å²) in [5, 5.41) is 11.6. The van der Waals surface area contributed by atoms with Gasteiger partial charge in [0.1, 0.15) is 0 Å². The number of benzene rings is 6. The highest BCUT2D eigenvalue weighted by atomic mass is 14.7. The number of hydrogen-bond acceptors (Lipinski definition) is 2. The Morgan fingerprint density at radius 2 is 0.810 bits per heavy atom.